The highest BCUT2D eigenvalue weighted by molar-refractivity contribution is 5.75. The molecule has 2 aliphatic rings. The average Bonchev–Trinajstić information content (AvgIpc) is 2.94. The van der Waals surface area contributed by atoms with Crippen LogP contribution in [0.15, 0.2) is 36.5 Å². The summed E-state index contributed by atoms with van der Waals surface area (Å²) in [4.78, 5) is 18.8. The number of ether oxygens (including phenoxy) is 1. The van der Waals surface area contributed by atoms with E-state index in [1.807, 2.05) is 9.80 Å². The minimum atomic E-state index is -4.52. The van der Waals surface area contributed by atoms with E-state index in [0.29, 0.717) is 68.0 Å². The van der Waals surface area contributed by atoms with E-state index in [1.165, 1.54) is 18.3 Å². The van der Waals surface area contributed by atoms with Crippen molar-refractivity contribution in [3.8, 4) is 17.3 Å². The van der Waals surface area contributed by atoms with Crippen molar-refractivity contribution >= 4 is 17.6 Å². The van der Waals surface area contributed by atoms with Gasteiger partial charge in [-0.05, 0) is 30.7 Å². The summed E-state index contributed by atoms with van der Waals surface area (Å²) in [7, 11) is 0. The summed E-state index contributed by atoms with van der Waals surface area (Å²) >= 11 is 0. The second kappa shape index (κ2) is 10.4. The molecule has 0 spiro atoms. The summed E-state index contributed by atoms with van der Waals surface area (Å²) in [6, 6.07) is 9.18. The topological polar surface area (TPSA) is 81.4 Å². The molecule has 12 heteroatoms. The highest BCUT2D eigenvalue weighted by Gasteiger charge is 2.36. The van der Waals surface area contributed by atoms with Crippen LogP contribution in [0.4, 0.5) is 35.1 Å². The average molecular weight is 528 g/mol. The molecule has 2 fully saturated rings. The van der Waals surface area contributed by atoms with E-state index < -0.39 is 17.6 Å². The van der Waals surface area contributed by atoms with Crippen LogP contribution in [0.1, 0.15) is 16.7 Å². The van der Waals surface area contributed by atoms with Gasteiger partial charge in [-0.2, -0.15) is 23.4 Å². The molecule has 0 N–H and O–H groups in total. The molecule has 0 atom stereocenters. The van der Waals surface area contributed by atoms with Gasteiger partial charge in [0.1, 0.15) is 23.3 Å². The molecule has 0 bridgehead atoms. The molecule has 198 valence electrons. The number of nitrogens with zero attached hydrogens (tertiary/aromatic N) is 7. The first kappa shape index (κ1) is 25.7. The van der Waals surface area contributed by atoms with E-state index in [4.69, 9.17) is 9.72 Å². The molecule has 2 aromatic heterocycles. The first-order valence-electron chi connectivity index (χ1n) is 12.2. The molecule has 3 aromatic rings. The van der Waals surface area contributed by atoms with Crippen LogP contribution in [-0.4, -0.2) is 67.4 Å². The maximum absolute atomic E-state index is 14.5. The van der Waals surface area contributed by atoms with E-state index in [9.17, 15) is 22.8 Å². The second-order valence-electron chi connectivity index (χ2n) is 9.09. The first-order valence-corrected chi connectivity index (χ1v) is 12.2. The predicted molar refractivity (Wildman–Crippen MR) is 134 cm³/mol. The zero-order valence-electron chi connectivity index (χ0n) is 20.7. The lowest BCUT2D eigenvalue weighted by Crippen LogP contribution is -2.48. The third kappa shape index (κ3) is 5.06. The molecular weight excluding hydrogens is 502 g/mol. The standard InChI is InChI=1S/C26H25F4N7O/c1-17-4-5-18(15-21(17)27)22-19(16-31)23(34-25(33-22)37-11-13-38-14-12-37)35-7-9-36(10-8-35)24-20(26(28,29)30)3-2-6-32-24/h2-6,15H,7-14H2,1H3. The second-order valence-corrected chi connectivity index (χ2v) is 9.09. The van der Waals surface area contributed by atoms with Gasteiger partial charge in [0.15, 0.2) is 5.82 Å². The lowest BCUT2D eigenvalue weighted by Gasteiger charge is -2.37. The fourth-order valence-corrected chi connectivity index (χ4v) is 4.62. The molecule has 0 saturated carbocycles. The van der Waals surface area contributed by atoms with Crippen molar-refractivity contribution in [1.29, 1.82) is 5.26 Å². The Morgan fingerprint density at radius 2 is 1.61 bits per heavy atom. The number of halogens is 4. The van der Waals surface area contributed by atoms with Crippen LogP contribution in [0.3, 0.4) is 0 Å². The van der Waals surface area contributed by atoms with Gasteiger partial charge < -0.3 is 19.4 Å². The fraction of sp³-hybridized carbons (Fsp3) is 0.385. The molecule has 0 amide bonds. The zero-order valence-corrected chi connectivity index (χ0v) is 20.7. The van der Waals surface area contributed by atoms with Crippen molar-refractivity contribution in [2.24, 2.45) is 0 Å². The Morgan fingerprint density at radius 1 is 0.921 bits per heavy atom. The quantitative estimate of drug-likeness (QED) is 0.471. The van der Waals surface area contributed by atoms with Gasteiger partial charge in [-0.15, -0.1) is 0 Å². The normalized spacial score (nSPS) is 16.5. The van der Waals surface area contributed by atoms with Crippen molar-refractivity contribution in [2.45, 2.75) is 13.1 Å². The number of benzene rings is 1. The third-order valence-corrected chi connectivity index (χ3v) is 6.70. The van der Waals surface area contributed by atoms with Gasteiger partial charge >= 0.3 is 6.18 Å². The van der Waals surface area contributed by atoms with Gasteiger partial charge in [0, 0.05) is 51.0 Å². The number of morpholine rings is 1. The van der Waals surface area contributed by atoms with Crippen LogP contribution in [-0.2, 0) is 10.9 Å². The Labute approximate surface area is 217 Å². The largest absolute Gasteiger partial charge is 0.419 e. The Bertz CT molecular complexity index is 1360. The van der Waals surface area contributed by atoms with Crippen molar-refractivity contribution in [3.63, 3.8) is 0 Å². The number of nitriles is 1. The molecule has 0 aliphatic carbocycles. The van der Waals surface area contributed by atoms with Gasteiger partial charge in [0.25, 0.3) is 0 Å². The number of pyridine rings is 1. The third-order valence-electron chi connectivity index (χ3n) is 6.70. The summed E-state index contributed by atoms with van der Waals surface area (Å²) in [5.74, 6) is 0.234. The molecular formula is C26H25F4N7O. The van der Waals surface area contributed by atoms with Gasteiger partial charge in [-0.25, -0.2) is 14.4 Å². The Kier molecular flexibility index (Phi) is 7.03. The summed E-state index contributed by atoms with van der Waals surface area (Å²) < 4.78 is 60.6. The monoisotopic (exact) mass is 527 g/mol. The number of hydrogen-bond acceptors (Lipinski definition) is 8. The van der Waals surface area contributed by atoms with Crippen LogP contribution in [0, 0.1) is 24.1 Å². The van der Waals surface area contributed by atoms with Crippen molar-refractivity contribution in [2.75, 3.05) is 67.2 Å². The van der Waals surface area contributed by atoms with Crippen LogP contribution in [0.5, 0.6) is 0 Å². The summed E-state index contributed by atoms with van der Waals surface area (Å²) in [6.45, 7) is 4.87. The maximum Gasteiger partial charge on any atom is 0.419 e. The maximum atomic E-state index is 14.5. The molecule has 0 unspecified atom stereocenters. The minimum absolute atomic E-state index is 0.118. The van der Waals surface area contributed by atoms with Crippen molar-refractivity contribution in [1.82, 2.24) is 15.0 Å². The molecule has 4 heterocycles. The molecule has 0 radical (unpaired) electrons. The number of rotatable bonds is 4. The van der Waals surface area contributed by atoms with Crippen LogP contribution in [0.25, 0.3) is 11.3 Å². The summed E-state index contributed by atoms with van der Waals surface area (Å²) in [6.07, 6.45) is -3.18. The Morgan fingerprint density at radius 3 is 2.24 bits per heavy atom. The number of alkyl halides is 3. The van der Waals surface area contributed by atoms with Crippen LogP contribution < -0.4 is 14.7 Å². The SMILES string of the molecule is Cc1ccc(-c2nc(N3CCOCC3)nc(N3CCN(c4ncccc4C(F)(F)F)CC3)c2C#N)cc1F. The molecule has 8 nitrogen and oxygen atoms in total. The fourth-order valence-electron chi connectivity index (χ4n) is 4.62. The molecule has 38 heavy (non-hydrogen) atoms. The highest BCUT2D eigenvalue weighted by atomic mass is 19.4. The molecule has 2 aliphatic heterocycles. The number of piperazine rings is 1. The van der Waals surface area contributed by atoms with Crippen LogP contribution in [0.2, 0.25) is 0 Å². The van der Waals surface area contributed by atoms with Gasteiger partial charge in [-0.3, -0.25) is 0 Å². The van der Waals surface area contributed by atoms with E-state index >= 15 is 0 Å². The zero-order chi connectivity index (χ0) is 26.9. The van der Waals surface area contributed by atoms with Gasteiger partial charge in [0.05, 0.1) is 24.5 Å². The van der Waals surface area contributed by atoms with E-state index in [2.05, 4.69) is 16.0 Å². The van der Waals surface area contributed by atoms with Gasteiger partial charge in [0.2, 0.25) is 5.95 Å². The van der Waals surface area contributed by atoms with Crippen molar-refractivity contribution < 1.29 is 22.3 Å². The first-order chi connectivity index (χ1) is 18.3. The van der Waals surface area contributed by atoms with E-state index in [0.717, 1.165) is 6.07 Å². The Hall–Kier alpha value is -3.98. The lowest BCUT2D eigenvalue weighted by molar-refractivity contribution is -0.137. The smallest absolute Gasteiger partial charge is 0.378 e. The molecule has 2 saturated heterocycles. The Balaban J connectivity index is 1.51. The predicted octanol–water partition coefficient (Wildman–Crippen LogP) is 4.04. The number of hydrogen-bond donors (Lipinski definition) is 0. The number of aromatic nitrogens is 3. The van der Waals surface area contributed by atoms with E-state index in [1.54, 1.807) is 24.0 Å². The number of anilines is 3. The number of aryl methyl sites for hydroxylation is 1. The van der Waals surface area contributed by atoms with Crippen molar-refractivity contribution in [3.05, 3.63) is 59.0 Å². The van der Waals surface area contributed by atoms with Gasteiger partial charge in [-0.1, -0.05) is 12.1 Å². The summed E-state index contributed by atoms with van der Waals surface area (Å²) in [5, 5.41) is 10.1. The molecule has 5 rings (SSSR count). The van der Waals surface area contributed by atoms with Crippen LogP contribution >= 0.6 is 0 Å². The molecule has 1 aromatic carbocycles. The summed E-state index contributed by atoms with van der Waals surface area (Å²) in [5.41, 5.74) is 0.631. The highest BCUT2D eigenvalue weighted by Crippen LogP contribution is 2.36. The minimum Gasteiger partial charge on any atom is -0.378 e. The van der Waals surface area contributed by atoms with E-state index in [-0.39, 0.29) is 24.5 Å². The lowest BCUT2D eigenvalue weighted by atomic mass is 10.0.